The van der Waals surface area contributed by atoms with Crippen molar-refractivity contribution in [3.8, 4) is 5.75 Å². The monoisotopic (exact) mass is 613 g/mol. The maximum atomic E-state index is 14.6. The number of phenols is 1. The van der Waals surface area contributed by atoms with E-state index in [1.807, 2.05) is 5.32 Å². The van der Waals surface area contributed by atoms with Gasteiger partial charge in [-0.3, -0.25) is 0 Å². The van der Waals surface area contributed by atoms with Gasteiger partial charge in [-0.15, -0.1) is 0 Å². The van der Waals surface area contributed by atoms with Gasteiger partial charge in [0.05, 0.1) is 12.7 Å². The van der Waals surface area contributed by atoms with Crippen molar-refractivity contribution in [1.29, 1.82) is 0 Å². The molecule has 1 aromatic carbocycles. The van der Waals surface area contributed by atoms with Crippen LogP contribution in [0.1, 0.15) is 31.9 Å². The first-order chi connectivity index (χ1) is 17.6. The number of halogens is 13. The Morgan fingerprint density at radius 2 is 1.30 bits per heavy atom. The summed E-state index contributed by atoms with van der Waals surface area (Å²) in [6.07, 6.45) is -9.86. The standard InChI is InChI=1S/C21H20F13NO5/c1-15(2,3)40-14(38)35-11(13(37)39-4)8-9-5-6-12(36)10(7-9)16(22,23)17(24,25)18(26,27)19(28,29)20(30,31)21(32,33)34/h5-7,11,36H,8H2,1-4H3,(H,35,38). The van der Waals surface area contributed by atoms with Gasteiger partial charge in [0.1, 0.15) is 17.4 Å². The molecule has 1 unspecified atom stereocenters. The number of hydrogen-bond donors (Lipinski definition) is 2. The number of benzene rings is 1. The number of amides is 1. The van der Waals surface area contributed by atoms with Crippen LogP contribution in [-0.4, -0.2) is 65.8 Å². The van der Waals surface area contributed by atoms with E-state index >= 15 is 0 Å². The molecule has 1 atom stereocenters. The van der Waals surface area contributed by atoms with E-state index < -0.39 is 82.8 Å². The highest BCUT2D eigenvalue weighted by Gasteiger charge is 2.91. The molecule has 0 saturated heterocycles. The van der Waals surface area contributed by atoms with Crippen molar-refractivity contribution in [3.05, 3.63) is 29.3 Å². The first-order valence-electron chi connectivity index (χ1n) is 10.4. The predicted molar refractivity (Wildman–Crippen MR) is 107 cm³/mol. The fourth-order valence-electron chi connectivity index (χ4n) is 2.92. The van der Waals surface area contributed by atoms with Gasteiger partial charge in [0.25, 0.3) is 0 Å². The molecule has 2 N–H and O–H groups in total. The number of alkyl carbamates (subject to hydrolysis) is 1. The van der Waals surface area contributed by atoms with E-state index in [0.717, 1.165) is 7.11 Å². The summed E-state index contributed by atoms with van der Waals surface area (Å²) in [6.45, 7) is 4.16. The SMILES string of the molecule is COC(=O)C(Cc1ccc(O)c(C(F)(F)C(F)(F)C(F)(F)C(F)(F)C(F)(F)C(F)(F)F)c1)NC(=O)OC(C)(C)C. The molecule has 0 radical (unpaired) electrons. The molecule has 40 heavy (non-hydrogen) atoms. The second-order valence-electron chi connectivity index (χ2n) is 9.15. The lowest BCUT2D eigenvalue weighted by atomic mass is 9.89. The van der Waals surface area contributed by atoms with Gasteiger partial charge in [-0.05, 0) is 38.5 Å². The minimum atomic E-state index is -8.12. The second kappa shape index (κ2) is 10.7. The van der Waals surface area contributed by atoms with Gasteiger partial charge in [0.2, 0.25) is 0 Å². The molecule has 19 heteroatoms. The van der Waals surface area contributed by atoms with E-state index in [1.54, 1.807) is 0 Å². The smallest absolute Gasteiger partial charge is 0.460 e. The van der Waals surface area contributed by atoms with Gasteiger partial charge in [0.15, 0.2) is 0 Å². The van der Waals surface area contributed by atoms with Crippen molar-refractivity contribution >= 4 is 12.1 Å². The Morgan fingerprint density at radius 3 is 1.73 bits per heavy atom. The summed E-state index contributed by atoms with van der Waals surface area (Å²) in [6, 6.07) is -1.41. The molecule has 0 fully saturated rings. The number of phenolic OH excluding ortho intramolecular Hbond substituents is 1. The van der Waals surface area contributed by atoms with Gasteiger partial charge in [0, 0.05) is 6.42 Å². The quantitative estimate of drug-likeness (QED) is 0.256. The fourth-order valence-corrected chi connectivity index (χ4v) is 2.92. The van der Waals surface area contributed by atoms with E-state index in [9.17, 15) is 71.8 Å². The summed E-state index contributed by atoms with van der Waals surface area (Å²) >= 11 is 0. The zero-order valence-corrected chi connectivity index (χ0v) is 20.5. The highest BCUT2D eigenvalue weighted by atomic mass is 19.4. The number of esters is 1. The lowest BCUT2D eigenvalue weighted by molar-refractivity contribution is -0.441. The number of nitrogens with one attached hydrogen (secondary N) is 1. The van der Waals surface area contributed by atoms with Crippen molar-refractivity contribution in [3.63, 3.8) is 0 Å². The Morgan fingerprint density at radius 1 is 0.825 bits per heavy atom. The van der Waals surface area contributed by atoms with Crippen molar-refractivity contribution < 1.29 is 81.2 Å². The molecule has 0 aliphatic rings. The Bertz CT molecular complexity index is 1100. The molecule has 230 valence electrons. The molecule has 0 aliphatic carbocycles. The van der Waals surface area contributed by atoms with E-state index in [2.05, 4.69) is 4.74 Å². The number of carbonyl (C=O) groups is 2. The van der Waals surface area contributed by atoms with Crippen LogP contribution in [0.3, 0.4) is 0 Å². The molecule has 0 bridgehead atoms. The van der Waals surface area contributed by atoms with Gasteiger partial charge >= 0.3 is 47.9 Å². The summed E-state index contributed by atoms with van der Waals surface area (Å²) in [4.78, 5) is 23.9. The number of ether oxygens (including phenoxy) is 2. The molecule has 1 aromatic rings. The average molecular weight is 613 g/mol. The van der Waals surface area contributed by atoms with Crippen molar-refractivity contribution in [2.24, 2.45) is 0 Å². The van der Waals surface area contributed by atoms with Crippen molar-refractivity contribution in [1.82, 2.24) is 5.32 Å². The number of aromatic hydroxyl groups is 1. The fraction of sp³-hybridized carbons (Fsp3) is 0.619. The first-order valence-corrected chi connectivity index (χ1v) is 10.4. The molecule has 0 spiro atoms. The normalized spacial score (nSPS) is 14.9. The summed E-state index contributed by atoms with van der Waals surface area (Å²) in [5.74, 6) is -41.8. The van der Waals surface area contributed by atoms with Crippen LogP contribution in [0.4, 0.5) is 61.9 Å². The van der Waals surface area contributed by atoms with E-state index in [1.165, 1.54) is 20.8 Å². The van der Waals surface area contributed by atoms with Crippen LogP contribution < -0.4 is 5.32 Å². The number of hydrogen-bond acceptors (Lipinski definition) is 5. The van der Waals surface area contributed by atoms with Crippen LogP contribution >= 0.6 is 0 Å². The molecule has 0 aromatic heterocycles. The number of methoxy groups -OCH3 is 1. The van der Waals surface area contributed by atoms with Gasteiger partial charge in [-0.1, -0.05) is 6.07 Å². The van der Waals surface area contributed by atoms with Crippen LogP contribution in [0.2, 0.25) is 0 Å². The Kier molecular flexibility index (Phi) is 9.31. The molecular formula is C21H20F13NO5. The zero-order chi connectivity index (χ0) is 31.9. The molecule has 1 rings (SSSR count). The number of rotatable bonds is 9. The largest absolute Gasteiger partial charge is 0.507 e. The van der Waals surface area contributed by atoms with Crippen LogP contribution in [-0.2, 0) is 26.6 Å². The highest BCUT2D eigenvalue weighted by Crippen LogP contribution is 2.62. The lowest BCUT2D eigenvalue weighted by Gasteiger charge is -2.39. The third kappa shape index (κ3) is 6.26. The average Bonchev–Trinajstić information content (AvgIpc) is 2.76. The summed E-state index contributed by atoms with van der Waals surface area (Å²) in [5.41, 5.74) is -4.53. The van der Waals surface area contributed by atoms with Crippen molar-refractivity contribution in [2.45, 2.75) is 74.6 Å². The maximum Gasteiger partial charge on any atom is 0.460 e. The second-order valence-corrected chi connectivity index (χ2v) is 9.15. The van der Waals surface area contributed by atoms with E-state index in [4.69, 9.17) is 4.74 Å². The Labute approximate surface area is 216 Å². The molecular weight excluding hydrogens is 593 g/mol. The lowest BCUT2D eigenvalue weighted by Crippen LogP contribution is -2.69. The summed E-state index contributed by atoms with van der Waals surface area (Å²) in [5, 5.41) is 11.5. The van der Waals surface area contributed by atoms with Crippen LogP contribution in [0.25, 0.3) is 0 Å². The molecule has 0 saturated carbocycles. The number of carbonyl (C=O) groups excluding carboxylic acids is 2. The van der Waals surface area contributed by atoms with E-state index in [0.29, 0.717) is 6.07 Å². The van der Waals surface area contributed by atoms with Crippen molar-refractivity contribution in [2.75, 3.05) is 7.11 Å². The van der Waals surface area contributed by atoms with E-state index in [-0.39, 0.29) is 12.1 Å². The molecule has 1 amide bonds. The minimum absolute atomic E-state index is 0.108. The molecule has 6 nitrogen and oxygen atoms in total. The third-order valence-electron chi connectivity index (χ3n) is 4.95. The first kappa shape index (κ1) is 34.9. The highest BCUT2D eigenvalue weighted by molar-refractivity contribution is 5.81. The summed E-state index contributed by atoms with van der Waals surface area (Å²) < 4.78 is 185. The minimum Gasteiger partial charge on any atom is -0.507 e. The van der Waals surface area contributed by atoms with Crippen LogP contribution in [0.5, 0.6) is 5.75 Å². The topological polar surface area (TPSA) is 84.9 Å². The predicted octanol–water partition coefficient (Wildman–Crippen LogP) is 6.20. The zero-order valence-electron chi connectivity index (χ0n) is 20.5. The Balaban J connectivity index is 3.58. The maximum absolute atomic E-state index is 14.6. The summed E-state index contributed by atoms with van der Waals surface area (Å²) in [7, 11) is 0.780. The van der Waals surface area contributed by atoms with Gasteiger partial charge in [-0.2, -0.15) is 57.1 Å². The molecule has 0 heterocycles. The van der Waals surface area contributed by atoms with Crippen LogP contribution in [0, 0.1) is 0 Å². The molecule has 0 aliphatic heterocycles. The number of alkyl halides is 13. The third-order valence-corrected chi connectivity index (χ3v) is 4.95. The Hall–Kier alpha value is -3.15. The van der Waals surface area contributed by atoms with Gasteiger partial charge < -0.3 is 19.9 Å². The van der Waals surface area contributed by atoms with Gasteiger partial charge in [-0.25, -0.2) is 9.59 Å². The van der Waals surface area contributed by atoms with Crippen LogP contribution in [0.15, 0.2) is 18.2 Å².